The van der Waals surface area contributed by atoms with Gasteiger partial charge in [0.1, 0.15) is 0 Å². The Morgan fingerprint density at radius 1 is 1.23 bits per heavy atom. The first-order chi connectivity index (χ1) is 14.6. The zero-order valence-electron chi connectivity index (χ0n) is 16.6. The Bertz CT molecular complexity index is 1000. The molecule has 0 bridgehead atoms. The Labute approximate surface area is 173 Å². The summed E-state index contributed by atoms with van der Waals surface area (Å²) >= 11 is 0. The number of halogens is 1. The molecule has 8 heteroatoms. The van der Waals surface area contributed by atoms with E-state index in [1.807, 2.05) is 30.3 Å². The molecule has 2 heterocycles. The molecule has 3 aromatic rings. The Kier molecular flexibility index (Phi) is 6.04. The van der Waals surface area contributed by atoms with E-state index >= 15 is 0 Å². The summed E-state index contributed by atoms with van der Waals surface area (Å²) in [5, 5.41) is 3.99. The van der Waals surface area contributed by atoms with Gasteiger partial charge >= 0.3 is 0 Å². The van der Waals surface area contributed by atoms with E-state index in [2.05, 4.69) is 10.1 Å². The van der Waals surface area contributed by atoms with Crippen molar-refractivity contribution in [1.82, 2.24) is 15.0 Å². The highest BCUT2D eigenvalue weighted by atomic mass is 19.1. The number of methoxy groups -OCH3 is 1. The van der Waals surface area contributed by atoms with Crippen molar-refractivity contribution >= 4 is 5.91 Å². The van der Waals surface area contributed by atoms with Crippen LogP contribution in [-0.4, -0.2) is 47.8 Å². The lowest BCUT2D eigenvalue weighted by Crippen LogP contribution is -2.48. The van der Waals surface area contributed by atoms with Crippen LogP contribution in [0.25, 0.3) is 0 Å². The molecule has 1 amide bonds. The fourth-order valence-electron chi connectivity index (χ4n) is 3.25. The van der Waals surface area contributed by atoms with Crippen LogP contribution in [0.2, 0.25) is 0 Å². The monoisotopic (exact) mass is 411 g/mol. The van der Waals surface area contributed by atoms with Crippen molar-refractivity contribution in [3.05, 3.63) is 77.2 Å². The Morgan fingerprint density at radius 3 is 2.77 bits per heavy atom. The lowest BCUT2D eigenvalue weighted by molar-refractivity contribution is 0.0568. The van der Waals surface area contributed by atoms with E-state index in [-0.39, 0.29) is 23.1 Å². The second kappa shape index (κ2) is 9.04. The van der Waals surface area contributed by atoms with Gasteiger partial charge < -0.3 is 18.9 Å². The maximum Gasteiger partial charge on any atom is 0.254 e. The van der Waals surface area contributed by atoms with E-state index in [1.165, 1.54) is 19.2 Å². The standard InChI is InChI=1S/C22H22FN3O4/c1-28-19-8-7-16(11-18(19)23)22(27)26-12-17(13-26)21-24-20(25-30-21)9-10-29-14-15-5-3-2-4-6-15/h2-8,11,17H,9-10,12-14H2,1H3. The van der Waals surface area contributed by atoms with Gasteiger partial charge in [0.05, 0.1) is 26.2 Å². The summed E-state index contributed by atoms with van der Waals surface area (Å²) < 4.78 is 29.7. The maximum absolute atomic E-state index is 13.8. The van der Waals surface area contributed by atoms with E-state index in [4.69, 9.17) is 14.0 Å². The van der Waals surface area contributed by atoms with E-state index in [0.717, 1.165) is 5.56 Å². The van der Waals surface area contributed by atoms with Gasteiger partial charge in [0.15, 0.2) is 17.4 Å². The molecule has 0 unspecified atom stereocenters. The van der Waals surface area contributed by atoms with Gasteiger partial charge in [-0.05, 0) is 23.8 Å². The summed E-state index contributed by atoms with van der Waals surface area (Å²) in [6.45, 7) is 1.95. The van der Waals surface area contributed by atoms with Crippen LogP contribution in [0.5, 0.6) is 5.75 Å². The molecule has 0 spiro atoms. The van der Waals surface area contributed by atoms with E-state index in [0.29, 0.717) is 44.4 Å². The number of benzene rings is 2. The highest BCUT2D eigenvalue weighted by molar-refractivity contribution is 5.95. The van der Waals surface area contributed by atoms with Crippen LogP contribution in [0.4, 0.5) is 4.39 Å². The SMILES string of the molecule is COc1ccc(C(=O)N2CC(c3nc(CCOCc4ccccc4)no3)C2)cc1F. The van der Waals surface area contributed by atoms with Gasteiger partial charge in [-0.2, -0.15) is 4.98 Å². The van der Waals surface area contributed by atoms with Gasteiger partial charge in [0, 0.05) is 25.1 Å². The average Bonchev–Trinajstić information content (AvgIpc) is 3.19. The largest absolute Gasteiger partial charge is 0.494 e. The molecule has 1 aliphatic rings. The number of amides is 1. The molecule has 0 N–H and O–H groups in total. The van der Waals surface area contributed by atoms with E-state index in [1.54, 1.807) is 11.0 Å². The molecule has 0 atom stereocenters. The van der Waals surface area contributed by atoms with E-state index in [9.17, 15) is 9.18 Å². The lowest BCUT2D eigenvalue weighted by Gasteiger charge is -2.37. The molecule has 0 saturated carbocycles. The summed E-state index contributed by atoms with van der Waals surface area (Å²) in [5.41, 5.74) is 1.40. The quantitative estimate of drug-likeness (QED) is 0.530. The van der Waals surface area contributed by atoms with Crippen LogP contribution >= 0.6 is 0 Å². The lowest BCUT2D eigenvalue weighted by atomic mass is 9.98. The molecule has 156 valence electrons. The van der Waals surface area contributed by atoms with Crippen molar-refractivity contribution in [3.63, 3.8) is 0 Å². The van der Waals surface area contributed by atoms with Crippen LogP contribution in [0.15, 0.2) is 53.1 Å². The number of carbonyl (C=O) groups is 1. The predicted octanol–water partition coefficient (Wildman–Crippen LogP) is 3.22. The van der Waals surface area contributed by atoms with Crippen LogP contribution in [0.3, 0.4) is 0 Å². The normalized spacial score (nSPS) is 13.9. The predicted molar refractivity (Wildman–Crippen MR) is 106 cm³/mol. The van der Waals surface area contributed by atoms with Gasteiger partial charge in [0.25, 0.3) is 5.91 Å². The number of carbonyl (C=O) groups excluding carboxylic acids is 1. The van der Waals surface area contributed by atoms with Crippen LogP contribution in [-0.2, 0) is 17.8 Å². The molecule has 4 rings (SSSR count). The van der Waals surface area contributed by atoms with Crippen molar-refractivity contribution in [3.8, 4) is 5.75 Å². The second-order valence-electron chi connectivity index (χ2n) is 7.09. The highest BCUT2D eigenvalue weighted by Gasteiger charge is 2.36. The number of ether oxygens (including phenoxy) is 2. The zero-order valence-corrected chi connectivity index (χ0v) is 16.6. The zero-order chi connectivity index (χ0) is 20.9. The van der Waals surface area contributed by atoms with Crippen molar-refractivity contribution in [2.45, 2.75) is 18.9 Å². The molecule has 1 aromatic heterocycles. The van der Waals surface area contributed by atoms with Gasteiger partial charge in [0.2, 0.25) is 5.89 Å². The number of aromatic nitrogens is 2. The van der Waals surface area contributed by atoms with Crippen LogP contribution in [0.1, 0.15) is 33.6 Å². The topological polar surface area (TPSA) is 77.7 Å². The fourth-order valence-corrected chi connectivity index (χ4v) is 3.25. The number of hydrogen-bond donors (Lipinski definition) is 0. The summed E-state index contributed by atoms with van der Waals surface area (Å²) in [4.78, 5) is 18.5. The Balaban J connectivity index is 1.23. The minimum Gasteiger partial charge on any atom is -0.494 e. The molecule has 30 heavy (non-hydrogen) atoms. The van der Waals surface area contributed by atoms with Crippen LogP contribution < -0.4 is 4.74 Å². The molecule has 1 aliphatic heterocycles. The number of nitrogens with zero attached hydrogens (tertiary/aromatic N) is 3. The maximum atomic E-state index is 13.8. The third kappa shape index (κ3) is 4.49. The third-order valence-corrected chi connectivity index (χ3v) is 4.98. The van der Waals surface area contributed by atoms with Gasteiger partial charge in [-0.15, -0.1) is 0 Å². The average molecular weight is 411 g/mol. The van der Waals surface area contributed by atoms with Gasteiger partial charge in [-0.3, -0.25) is 4.79 Å². The molecule has 0 radical (unpaired) electrons. The third-order valence-electron chi connectivity index (χ3n) is 4.98. The summed E-state index contributed by atoms with van der Waals surface area (Å²) in [5.74, 6) is 0.402. The molecule has 2 aromatic carbocycles. The second-order valence-corrected chi connectivity index (χ2v) is 7.09. The van der Waals surface area contributed by atoms with Gasteiger partial charge in [-0.25, -0.2) is 4.39 Å². The molecular weight excluding hydrogens is 389 g/mol. The summed E-state index contributed by atoms with van der Waals surface area (Å²) in [6.07, 6.45) is 0.552. The fraction of sp³-hybridized carbons (Fsp3) is 0.318. The van der Waals surface area contributed by atoms with Crippen molar-refractivity contribution in [1.29, 1.82) is 0 Å². The molecule has 0 aliphatic carbocycles. The molecular formula is C22H22FN3O4. The van der Waals surface area contributed by atoms with Crippen molar-refractivity contribution in [2.75, 3.05) is 26.8 Å². The van der Waals surface area contributed by atoms with Gasteiger partial charge in [-0.1, -0.05) is 35.5 Å². The highest BCUT2D eigenvalue weighted by Crippen LogP contribution is 2.28. The number of hydrogen-bond acceptors (Lipinski definition) is 6. The van der Waals surface area contributed by atoms with Crippen molar-refractivity contribution in [2.24, 2.45) is 0 Å². The number of rotatable bonds is 8. The minimum atomic E-state index is -0.559. The summed E-state index contributed by atoms with van der Waals surface area (Å²) in [6, 6.07) is 14.1. The Morgan fingerprint density at radius 2 is 2.03 bits per heavy atom. The Hall–Kier alpha value is -3.26. The van der Waals surface area contributed by atoms with Crippen LogP contribution in [0, 0.1) is 5.82 Å². The first-order valence-electron chi connectivity index (χ1n) is 9.71. The smallest absolute Gasteiger partial charge is 0.254 e. The van der Waals surface area contributed by atoms with E-state index < -0.39 is 5.82 Å². The first-order valence-corrected chi connectivity index (χ1v) is 9.71. The first kappa shape index (κ1) is 20.0. The summed E-state index contributed by atoms with van der Waals surface area (Å²) in [7, 11) is 1.38. The molecule has 1 fully saturated rings. The number of likely N-dealkylation sites (tertiary alicyclic amines) is 1. The molecule has 1 saturated heterocycles. The van der Waals surface area contributed by atoms with Crippen molar-refractivity contribution < 1.29 is 23.2 Å². The minimum absolute atomic E-state index is 0.0106. The molecule has 7 nitrogen and oxygen atoms in total.